The molecule has 2 heteroatoms. The van der Waals surface area contributed by atoms with E-state index in [2.05, 4.69) is 23.6 Å². The van der Waals surface area contributed by atoms with Crippen molar-refractivity contribution < 1.29 is 0 Å². The van der Waals surface area contributed by atoms with E-state index in [1.807, 2.05) is 0 Å². The van der Waals surface area contributed by atoms with Crippen LogP contribution in [-0.4, -0.2) is 49.1 Å². The van der Waals surface area contributed by atoms with Crippen molar-refractivity contribution in [2.45, 2.75) is 200 Å². The van der Waals surface area contributed by atoms with Crippen LogP contribution < -0.4 is 0 Å². The largest absolute Gasteiger partial charge is 0.302 e. The zero-order chi connectivity index (χ0) is 27.9. The van der Waals surface area contributed by atoms with E-state index in [-0.39, 0.29) is 0 Å². The lowest BCUT2D eigenvalue weighted by Crippen LogP contribution is -2.32. The third-order valence-electron chi connectivity index (χ3n) is 9.34. The lowest BCUT2D eigenvalue weighted by atomic mass is 10.0. The second-order valence-electron chi connectivity index (χ2n) is 13.2. The Morgan fingerprint density at radius 2 is 0.513 bits per heavy atom. The molecule has 1 rings (SSSR count). The number of hydrogen-bond donors (Lipinski definition) is 0. The van der Waals surface area contributed by atoms with Gasteiger partial charge in [-0.2, -0.15) is 0 Å². The van der Waals surface area contributed by atoms with E-state index in [1.165, 1.54) is 225 Å². The molecule has 0 amide bonds. The van der Waals surface area contributed by atoms with Gasteiger partial charge in [0.1, 0.15) is 0 Å². The molecular formula is C37H76N2. The first-order chi connectivity index (χ1) is 19.4. The first-order valence-electron chi connectivity index (χ1n) is 18.8. The maximum Gasteiger partial charge on any atom is 0.0109 e. The van der Waals surface area contributed by atoms with Crippen LogP contribution in [0.4, 0.5) is 0 Å². The summed E-state index contributed by atoms with van der Waals surface area (Å²) in [5.41, 5.74) is 0. The van der Waals surface area contributed by atoms with Gasteiger partial charge < -0.3 is 9.80 Å². The fourth-order valence-electron chi connectivity index (χ4n) is 6.53. The van der Waals surface area contributed by atoms with Gasteiger partial charge in [-0.05, 0) is 45.4 Å². The van der Waals surface area contributed by atoms with Gasteiger partial charge in [-0.3, -0.25) is 0 Å². The highest BCUT2D eigenvalue weighted by Crippen LogP contribution is 2.15. The molecule has 1 saturated heterocycles. The molecule has 0 spiro atoms. The summed E-state index contributed by atoms with van der Waals surface area (Å²) in [6, 6.07) is 0. The van der Waals surface area contributed by atoms with E-state index in [1.54, 1.807) is 0 Å². The Hall–Kier alpha value is -0.0800. The highest BCUT2D eigenvalue weighted by Gasteiger charge is 2.14. The third kappa shape index (κ3) is 26.6. The predicted molar refractivity (Wildman–Crippen MR) is 178 cm³/mol. The molecule has 0 unspecified atom stereocenters. The summed E-state index contributed by atoms with van der Waals surface area (Å²) >= 11 is 0. The third-order valence-corrected chi connectivity index (χ3v) is 9.34. The number of rotatable bonds is 30. The zero-order valence-corrected chi connectivity index (χ0v) is 27.6. The van der Waals surface area contributed by atoms with Gasteiger partial charge in [-0.15, -0.1) is 0 Å². The SMILES string of the molecule is CCCCCCCCCCCCCCCCN1CCCN(CCCCCCCCCCCCCCCC)CC1. The Morgan fingerprint density at radius 3 is 0.769 bits per heavy atom. The molecule has 0 aliphatic carbocycles. The summed E-state index contributed by atoms with van der Waals surface area (Å²) in [6.45, 7) is 12.6. The molecule has 2 nitrogen and oxygen atoms in total. The van der Waals surface area contributed by atoms with Crippen LogP contribution in [0.15, 0.2) is 0 Å². The van der Waals surface area contributed by atoms with Gasteiger partial charge >= 0.3 is 0 Å². The molecule has 1 aliphatic heterocycles. The molecule has 234 valence electrons. The van der Waals surface area contributed by atoms with E-state index in [0.717, 1.165) is 0 Å². The standard InChI is InChI=1S/C37H76N2/c1-3-5-7-9-11-13-15-17-19-21-23-25-27-29-32-38-34-31-35-39(37-36-38)33-30-28-26-24-22-20-18-16-14-12-10-8-6-4-2/h3-37H2,1-2H3. The number of nitrogens with zero attached hydrogens (tertiary/aromatic N) is 2. The monoisotopic (exact) mass is 549 g/mol. The second kappa shape index (κ2) is 30.9. The normalized spacial score (nSPS) is 15.2. The van der Waals surface area contributed by atoms with Crippen molar-refractivity contribution >= 4 is 0 Å². The van der Waals surface area contributed by atoms with Crippen LogP contribution in [0.5, 0.6) is 0 Å². The maximum absolute atomic E-state index is 2.77. The molecule has 0 aromatic carbocycles. The Kier molecular flexibility index (Phi) is 29.2. The molecule has 0 radical (unpaired) electrons. The van der Waals surface area contributed by atoms with Crippen LogP contribution in [0.3, 0.4) is 0 Å². The van der Waals surface area contributed by atoms with E-state index in [4.69, 9.17) is 0 Å². The van der Waals surface area contributed by atoms with Gasteiger partial charge in [-0.1, -0.05) is 181 Å². The first-order valence-corrected chi connectivity index (χ1v) is 18.8. The molecule has 0 aromatic heterocycles. The molecule has 1 aliphatic rings. The summed E-state index contributed by atoms with van der Waals surface area (Å²) in [5, 5.41) is 0. The van der Waals surface area contributed by atoms with E-state index >= 15 is 0 Å². The van der Waals surface area contributed by atoms with Crippen LogP contribution in [0.25, 0.3) is 0 Å². The van der Waals surface area contributed by atoms with Crippen molar-refractivity contribution in [3.8, 4) is 0 Å². The van der Waals surface area contributed by atoms with Crippen molar-refractivity contribution in [2.24, 2.45) is 0 Å². The smallest absolute Gasteiger partial charge is 0.0109 e. The summed E-state index contributed by atoms with van der Waals surface area (Å²) < 4.78 is 0. The van der Waals surface area contributed by atoms with Gasteiger partial charge in [-0.25, -0.2) is 0 Å². The van der Waals surface area contributed by atoms with E-state index < -0.39 is 0 Å². The molecule has 0 saturated carbocycles. The Bertz CT molecular complexity index is 411. The van der Waals surface area contributed by atoms with Crippen molar-refractivity contribution in [1.82, 2.24) is 9.80 Å². The van der Waals surface area contributed by atoms with Gasteiger partial charge in [0.05, 0.1) is 0 Å². The molecule has 1 fully saturated rings. The van der Waals surface area contributed by atoms with Gasteiger partial charge in [0.15, 0.2) is 0 Å². The average Bonchev–Trinajstić information content (AvgIpc) is 3.18. The summed E-state index contributed by atoms with van der Waals surface area (Å²) in [5.74, 6) is 0. The fraction of sp³-hybridized carbons (Fsp3) is 1.00. The van der Waals surface area contributed by atoms with Gasteiger partial charge in [0, 0.05) is 13.1 Å². The van der Waals surface area contributed by atoms with Gasteiger partial charge in [0.25, 0.3) is 0 Å². The van der Waals surface area contributed by atoms with Crippen LogP contribution in [-0.2, 0) is 0 Å². The maximum atomic E-state index is 2.77. The molecular weight excluding hydrogens is 472 g/mol. The molecule has 1 heterocycles. The Morgan fingerprint density at radius 1 is 0.282 bits per heavy atom. The average molecular weight is 549 g/mol. The minimum absolute atomic E-state index is 1.32. The number of hydrogen-bond acceptors (Lipinski definition) is 2. The summed E-state index contributed by atoms with van der Waals surface area (Å²) in [4.78, 5) is 5.54. The summed E-state index contributed by atoms with van der Waals surface area (Å²) in [7, 11) is 0. The van der Waals surface area contributed by atoms with Gasteiger partial charge in [0.2, 0.25) is 0 Å². The van der Waals surface area contributed by atoms with Crippen LogP contribution >= 0.6 is 0 Å². The van der Waals surface area contributed by atoms with Crippen molar-refractivity contribution in [2.75, 3.05) is 39.3 Å². The minimum Gasteiger partial charge on any atom is -0.302 e. The van der Waals surface area contributed by atoms with E-state index in [0.29, 0.717) is 0 Å². The van der Waals surface area contributed by atoms with Crippen LogP contribution in [0.1, 0.15) is 200 Å². The quantitative estimate of drug-likeness (QED) is 0.0823. The zero-order valence-electron chi connectivity index (χ0n) is 27.6. The highest BCUT2D eigenvalue weighted by molar-refractivity contribution is 4.70. The Balaban J connectivity index is 1.81. The van der Waals surface area contributed by atoms with Crippen molar-refractivity contribution in [3.63, 3.8) is 0 Å². The summed E-state index contributed by atoms with van der Waals surface area (Å²) in [6.07, 6.45) is 42.3. The lowest BCUT2D eigenvalue weighted by molar-refractivity contribution is 0.249. The topological polar surface area (TPSA) is 6.48 Å². The molecule has 0 bridgehead atoms. The molecule has 0 atom stereocenters. The molecule has 39 heavy (non-hydrogen) atoms. The second-order valence-corrected chi connectivity index (χ2v) is 13.2. The van der Waals surface area contributed by atoms with Crippen molar-refractivity contribution in [1.29, 1.82) is 0 Å². The minimum atomic E-state index is 1.32. The van der Waals surface area contributed by atoms with E-state index in [9.17, 15) is 0 Å². The Labute approximate surface area is 248 Å². The predicted octanol–water partition coefficient (Wildman–Crippen LogP) is 12.0. The van der Waals surface area contributed by atoms with Crippen LogP contribution in [0.2, 0.25) is 0 Å². The lowest BCUT2D eigenvalue weighted by Gasteiger charge is -2.21. The van der Waals surface area contributed by atoms with Crippen LogP contribution in [0, 0.1) is 0 Å². The number of unbranched alkanes of at least 4 members (excludes halogenated alkanes) is 26. The van der Waals surface area contributed by atoms with Crippen molar-refractivity contribution in [3.05, 3.63) is 0 Å². The molecule has 0 N–H and O–H groups in total. The highest BCUT2D eigenvalue weighted by atomic mass is 15.2. The first kappa shape index (κ1) is 36.9. The fourth-order valence-corrected chi connectivity index (χ4v) is 6.53. The molecule has 0 aromatic rings.